The lowest BCUT2D eigenvalue weighted by molar-refractivity contribution is 0.453. The molecular weight excluding hydrogens is 253 g/mol. The fraction of sp³-hybridized carbons (Fsp3) is 0.500. The quantitative estimate of drug-likeness (QED) is 0.707. The van der Waals surface area contributed by atoms with Crippen LogP contribution in [-0.4, -0.2) is 0 Å². The van der Waals surface area contributed by atoms with Crippen LogP contribution in [0.5, 0.6) is 0 Å². The summed E-state index contributed by atoms with van der Waals surface area (Å²) in [5.41, 5.74) is 0.445. The lowest BCUT2D eigenvalue weighted by Crippen LogP contribution is -2.24. The first-order chi connectivity index (χ1) is 8.09. The van der Waals surface area contributed by atoms with E-state index in [9.17, 15) is 5.26 Å². The van der Waals surface area contributed by atoms with E-state index >= 15 is 0 Å². The van der Waals surface area contributed by atoms with E-state index in [2.05, 4.69) is 19.9 Å². The van der Waals surface area contributed by atoms with Gasteiger partial charge in [0.05, 0.1) is 11.5 Å². The molecule has 0 atom stereocenters. The summed E-state index contributed by atoms with van der Waals surface area (Å²) in [6.07, 6.45) is 3.59. The van der Waals surface area contributed by atoms with E-state index in [1.54, 1.807) is 12.1 Å². The summed E-state index contributed by atoms with van der Waals surface area (Å²) in [6.45, 7) is 4.18. The molecule has 1 aromatic carbocycles. The minimum Gasteiger partial charge on any atom is -0.197 e. The molecule has 0 N–H and O–H groups in total. The number of halogens is 2. The highest BCUT2D eigenvalue weighted by atomic mass is 35.5. The topological polar surface area (TPSA) is 23.8 Å². The fourth-order valence-corrected chi connectivity index (χ4v) is 2.89. The lowest BCUT2D eigenvalue weighted by Gasteiger charge is -2.27. The zero-order chi connectivity index (χ0) is 12.9. The first-order valence-electron chi connectivity index (χ1n) is 5.96. The summed E-state index contributed by atoms with van der Waals surface area (Å²) in [5, 5.41) is 10.8. The number of hydrogen-bond acceptors (Lipinski definition) is 1. The van der Waals surface area contributed by atoms with Crippen molar-refractivity contribution in [1.29, 1.82) is 5.26 Å². The van der Waals surface area contributed by atoms with Crippen LogP contribution < -0.4 is 0 Å². The van der Waals surface area contributed by atoms with Crippen LogP contribution in [0.4, 0.5) is 0 Å². The van der Waals surface area contributed by atoms with Crippen molar-refractivity contribution in [2.75, 3.05) is 0 Å². The first-order valence-corrected chi connectivity index (χ1v) is 6.72. The summed E-state index contributed by atoms with van der Waals surface area (Å²) in [6, 6.07) is 7.88. The maximum absolute atomic E-state index is 9.54. The Bertz CT molecular complexity index is 415. The summed E-state index contributed by atoms with van der Waals surface area (Å²) in [5.74, 6) is 0. The summed E-state index contributed by atoms with van der Waals surface area (Å²) < 4.78 is 0. The van der Waals surface area contributed by atoms with Crippen LogP contribution >= 0.6 is 23.2 Å². The van der Waals surface area contributed by atoms with Crippen molar-refractivity contribution < 1.29 is 0 Å². The molecule has 17 heavy (non-hydrogen) atoms. The number of benzene rings is 1. The lowest BCUT2D eigenvalue weighted by atomic mass is 9.75. The Hall–Kier alpha value is -0.710. The monoisotopic (exact) mass is 269 g/mol. The van der Waals surface area contributed by atoms with Gasteiger partial charge in [0.25, 0.3) is 0 Å². The van der Waals surface area contributed by atoms with Crippen molar-refractivity contribution in [2.24, 2.45) is 0 Å². The van der Waals surface area contributed by atoms with Gasteiger partial charge in [-0.25, -0.2) is 0 Å². The van der Waals surface area contributed by atoms with E-state index in [1.165, 1.54) is 0 Å². The van der Waals surface area contributed by atoms with Crippen LogP contribution in [0.15, 0.2) is 18.2 Å². The summed E-state index contributed by atoms with van der Waals surface area (Å²) >= 11 is 12.1. The molecule has 0 radical (unpaired) electrons. The zero-order valence-electron chi connectivity index (χ0n) is 10.3. The molecular formula is C14H17Cl2N. The maximum Gasteiger partial charge on any atom is 0.0836 e. The summed E-state index contributed by atoms with van der Waals surface area (Å²) in [7, 11) is 0. The molecule has 0 spiro atoms. The molecule has 1 rings (SSSR count). The average Bonchev–Trinajstić information content (AvgIpc) is 2.28. The Balaban J connectivity index is 3.25. The minimum absolute atomic E-state index is 0.467. The first kappa shape index (κ1) is 14.4. The predicted octanol–water partition coefficient (Wildman–Crippen LogP) is 5.35. The van der Waals surface area contributed by atoms with Gasteiger partial charge in [0.2, 0.25) is 0 Å². The largest absolute Gasteiger partial charge is 0.197 e. The van der Waals surface area contributed by atoms with E-state index in [0.717, 1.165) is 31.2 Å². The van der Waals surface area contributed by atoms with Gasteiger partial charge in [0, 0.05) is 10.0 Å². The second-order valence-electron chi connectivity index (χ2n) is 4.32. The van der Waals surface area contributed by atoms with Gasteiger partial charge in [0.1, 0.15) is 0 Å². The Labute approximate surface area is 113 Å². The minimum atomic E-state index is -0.467. The van der Waals surface area contributed by atoms with Crippen molar-refractivity contribution in [3.63, 3.8) is 0 Å². The van der Waals surface area contributed by atoms with Gasteiger partial charge in [-0.15, -0.1) is 0 Å². The number of nitriles is 1. The average molecular weight is 270 g/mol. The van der Waals surface area contributed by atoms with Gasteiger partial charge < -0.3 is 0 Å². The van der Waals surface area contributed by atoms with Crippen molar-refractivity contribution in [3.8, 4) is 6.07 Å². The molecule has 1 aromatic rings. The van der Waals surface area contributed by atoms with Gasteiger partial charge in [0.15, 0.2) is 0 Å². The highest BCUT2D eigenvalue weighted by molar-refractivity contribution is 6.35. The molecule has 0 heterocycles. The molecule has 0 saturated carbocycles. The van der Waals surface area contributed by atoms with Gasteiger partial charge >= 0.3 is 0 Å². The molecule has 3 heteroatoms. The molecule has 1 nitrogen and oxygen atoms in total. The Morgan fingerprint density at radius 2 is 1.76 bits per heavy atom. The van der Waals surface area contributed by atoms with Crippen LogP contribution in [0.2, 0.25) is 10.0 Å². The molecule has 92 valence electrons. The van der Waals surface area contributed by atoms with Crippen LogP contribution in [0.25, 0.3) is 0 Å². The molecule has 0 aromatic heterocycles. The van der Waals surface area contributed by atoms with E-state index in [1.807, 2.05) is 6.07 Å². The second-order valence-corrected chi connectivity index (χ2v) is 5.16. The van der Waals surface area contributed by atoms with E-state index in [4.69, 9.17) is 23.2 Å². The predicted molar refractivity (Wildman–Crippen MR) is 73.6 cm³/mol. The van der Waals surface area contributed by atoms with E-state index < -0.39 is 5.41 Å². The van der Waals surface area contributed by atoms with Crippen molar-refractivity contribution in [1.82, 2.24) is 0 Å². The second kappa shape index (κ2) is 6.28. The molecule has 0 aliphatic carbocycles. The number of rotatable bonds is 5. The molecule has 0 amide bonds. The van der Waals surface area contributed by atoms with E-state index in [0.29, 0.717) is 10.0 Å². The summed E-state index contributed by atoms with van der Waals surface area (Å²) in [4.78, 5) is 0. The van der Waals surface area contributed by atoms with Crippen molar-refractivity contribution in [3.05, 3.63) is 33.8 Å². The van der Waals surface area contributed by atoms with Crippen molar-refractivity contribution >= 4 is 23.2 Å². The van der Waals surface area contributed by atoms with Crippen molar-refractivity contribution in [2.45, 2.75) is 44.9 Å². The fourth-order valence-electron chi connectivity index (χ4n) is 2.30. The maximum atomic E-state index is 9.54. The van der Waals surface area contributed by atoms with Crippen LogP contribution in [0.1, 0.15) is 45.1 Å². The normalized spacial score (nSPS) is 11.2. The standard InChI is InChI=1S/C14H17Cl2N/c1-3-7-14(10-17,8-4-2)12-6-5-11(15)9-13(12)16/h5-6,9H,3-4,7-8H2,1-2H3. The van der Waals surface area contributed by atoms with E-state index in [-0.39, 0.29) is 0 Å². The molecule has 0 bridgehead atoms. The third kappa shape index (κ3) is 3.15. The molecule has 0 saturated heterocycles. The Kier molecular flexibility index (Phi) is 5.31. The third-order valence-electron chi connectivity index (χ3n) is 3.01. The Morgan fingerprint density at radius 1 is 1.18 bits per heavy atom. The molecule has 0 aliphatic heterocycles. The third-order valence-corrected chi connectivity index (χ3v) is 3.56. The highest BCUT2D eigenvalue weighted by Crippen LogP contribution is 2.38. The zero-order valence-corrected chi connectivity index (χ0v) is 11.8. The molecule has 0 fully saturated rings. The molecule has 0 unspecified atom stereocenters. The number of nitrogens with zero attached hydrogens (tertiary/aromatic N) is 1. The highest BCUT2D eigenvalue weighted by Gasteiger charge is 2.32. The molecule has 0 aliphatic rings. The SMILES string of the molecule is CCCC(C#N)(CCC)c1ccc(Cl)cc1Cl. The van der Waals surface area contributed by atoms with Gasteiger partial charge in [-0.05, 0) is 30.5 Å². The van der Waals surface area contributed by atoms with Gasteiger partial charge in [-0.2, -0.15) is 5.26 Å². The van der Waals surface area contributed by atoms with Gasteiger partial charge in [-0.1, -0.05) is 56.0 Å². The number of hydrogen-bond donors (Lipinski definition) is 0. The van der Waals surface area contributed by atoms with Crippen LogP contribution in [-0.2, 0) is 5.41 Å². The Morgan fingerprint density at radius 3 is 2.18 bits per heavy atom. The van der Waals surface area contributed by atoms with Gasteiger partial charge in [-0.3, -0.25) is 0 Å². The van der Waals surface area contributed by atoms with Crippen LogP contribution in [0, 0.1) is 11.3 Å². The van der Waals surface area contributed by atoms with Crippen LogP contribution in [0.3, 0.4) is 0 Å². The smallest absolute Gasteiger partial charge is 0.0836 e.